The first-order valence-electron chi connectivity index (χ1n) is 3.87. The molecule has 2 atom stereocenters. The van der Waals surface area contributed by atoms with Gasteiger partial charge in [-0.25, -0.2) is 0 Å². The predicted molar refractivity (Wildman–Crippen MR) is 38.9 cm³/mol. The van der Waals surface area contributed by atoms with E-state index in [-0.39, 0.29) is 17.4 Å². The van der Waals surface area contributed by atoms with Gasteiger partial charge in [0.05, 0.1) is 24.7 Å². The third kappa shape index (κ3) is 1.02. The van der Waals surface area contributed by atoms with Crippen LogP contribution in [-0.2, 0) is 9.53 Å². The molecule has 4 nitrogen and oxygen atoms in total. The molecule has 0 aromatic carbocycles. The molecule has 11 heavy (non-hydrogen) atoms. The van der Waals surface area contributed by atoms with Gasteiger partial charge in [0.25, 0.3) is 0 Å². The summed E-state index contributed by atoms with van der Waals surface area (Å²) in [4.78, 5) is 10.8. The summed E-state index contributed by atoms with van der Waals surface area (Å²) in [6.45, 7) is 2.22. The van der Waals surface area contributed by atoms with Gasteiger partial charge in [-0.1, -0.05) is 0 Å². The van der Waals surface area contributed by atoms with Gasteiger partial charge in [0.2, 0.25) is 5.91 Å². The van der Waals surface area contributed by atoms with Crippen molar-refractivity contribution in [3.05, 3.63) is 0 Å². The molecule has 62 valence electrons. The van der Waals surface area contributed by atoms with Gasteiger partial charge >= 0.3 is 0 Å². The van der Waals surface area contributed by atoms with Gasteiger partial charge in [0, 0.05) is 6.54 Å². The highest BCUT2D eigenvalue weighted by Gasteiger charge is 2.58. The third-order valence-corrected chi connectivity index (χ3v) is 2.50. The molecule has 2 rings (SSSR count). The topological polar surface area (TPSA) is 64.4 Å². The van der Waals surface area contributed by atoms with Crippen molar-refractivity contribution in [3.8, 4) is 0 Å². The molecule has 0 radical (unpaired) electrons. The molecule has 2 unspecified atom stereocenters. The van der Waals surface area contributed by atoms with E-state index in [9.17, 15) is 4.79 Å². The average molecular weight is 156 g/mol. The number of ether oxygens (including phenoxy) is 1. The first kappa shape index (κ1) is 7.06. The number of rotatable bonds is 1. The van der Waals surface area contributed by atoms with Crippen LogP contribution in [0.1, 0.15) is 6.42 Å². The van der Waals surface area contributed by atoms with Gasteiger partial charge in [-0.3, -0.25) is 4.79 Å². The second-order valence-corrected chi connectivity index (χ2v) is 3.29. The Morgan fingerprint density at radius 2 is 2.55 bits per heavy atom. The Kier molecular flexibility index (Phi) is 1.40. The Morgan fingerprint density at radius 3 is 3.00 bits per heavy atom. The van der Waals surface area contributed by atoms with E-state index in [1.54, 1.807) is 0 Å². The van der Waals surface area contributed by atoms with Gasteiger partial charge in [-0.2, -0.15) is 0 Å². The van der Waals surface area contributed by atoms with Crippen molar-refractivity contribution in [2.24, 2.45) is 11.7 Å². The number of carbonyl (C=O) groups is 1. The molecular formula is C7H12N2O2. The minimum atomic E-state index is -0.206. The number of carbonyl (C=O) groups excluding carboxylic acids is 1. The van der Waals surface area contributed by atoms with E-state index in [2.05, 4.69) is 5.32 Å². The monoisotopic (exact) mass is 156 g/mol. The van der Waals surface area contributed by atoms with Gasteiger partial charge in [-0.15, -0.1) is 0 Å². The smallest absolute Gasteiger partial charge is 0.222 e. The molecule has 1 aliphatic carbocycles. The number of amides is 1. The second kappa shape index (κ2) is 2.19. The normalized spacial score (nSPS) is 42.4. The summed E-state index contributed by atoms with van der Waals surface area (Å²) in [5, 5.41) is 3.28. The maximum Gasteiger partial charge on any atom is 0.222 e. The van der Waals surface area contributed by atoms with Crippen molar-refractivity contribution < 1.29 is 9.53 Å². The molecule has 0 aromatic heterocycles. The molecule has 4 heteroatoms. The van der Waals surface area contributed by atoms with Crippen LogP contribution in [0.3, 0.4) is 0 Å². The highest BCUT2D eigenvalue weighted by atomic mass is 16.5. The van der Waals surface area contributed by atoms with Gasteiger partial charge in [0.1, 0.15) is 0 Å². The first-order valence-corrected chi connectivity index (χ1v) is 3.87. The lowest BCUT2D eigenvalue weighted by Crippen LogP contribution is -2.46. The summed E-state index contributed by atoms with van der Waals surface area (Å²) in [7, 11) is 0. The number of hydrogen-bond acceptors (Lipinski definition) is 3. The third-order valence-electron chi connectivity index (χ3n) is 2.50. The zero-order valence-electron chi connectivity index (χ0n) is 6.30. The van der Waals surface area contributed by atoms with Crippen LogP contribution in [0, 0.1) is 5.92 Å². The second-order valence-electron chi connectivity index (χ2n) is 3.29. The highest BCUT2D eigenvalue weighted by Crippen LogP contribution is 2.44. The van der Waals surface area contributed by atoms with E-state index in [0.717, 1.165) is 19.6 Å². The number of morpholine rings is 1. The number of nitrogens with one attached hydrogen (secondary N) is 1. The van der Waals surface area contributed by atoms with Crippen molar-refractivity contribution >= 4 is 5.91 Å². The first-order chi connectivity index (χ1) is 5.25. The maximum atomic E-state index is 10.8. The zero-order valence-corrected chi connectivity index (χ0v) is 6.30. The largest absolute Gasteiger partial charge is 0.378 e. The minimum absolute atomic E-state index is 0.00259. The van der Waals surface area contributed by atoms with E-state index in [1.165, 1.54) is 0 Å². The van der Waals surface area contributed by atoms with Crippen molar-refractivity contribution in [1.29, 1.82) is 0 Å². The Labute approximate surface area is 65.1 Å². The molecular weight excluding hydrogens is 144 g/mol. The number of hydrogen-bond donors (Lipinski definition) is 2. The molecule has 1 aliphatic heterocycles. The molecule has 0 aromatic rings. The van der Waals surface area contributed by atoms with Crippen LogP contribution < -0.4 is 11.1 Å². The van der Waals surface area contributed by atoms with Crippen LogP contribution in [-0.4, -0.2) is 31.2 Å². The van der Waals surface area contributed by atoms with E-state index >= 15 is 0 Å². The molecule has 1 amide bonds. The van der Waals surface area contributed by atoms with Crippen molar-refractivity contribution in [2.45, 2.75) is 12.0 Å². The van der Waals surface area contributed by atoms with E-state index in [0.29, 0.717) is 6.61 Å². The fourth-order valence-corrected chi connectivity index (χ4v) is 1.71. The summed E-state index contributed by atoms with van der Waals surface area (Å²) in [5.74, 6) is -0.203. The maximum absolute atomic E-state index is 10.8. The van der Waals surface area contributed by atoms with Crippen molar-refractivity contribution in [3.63, 3.8) is 0 Å². The Hall–Kier alpha value is -0.610. The lowest BCUT2D eigenvalue weighted by atomic mass is 10.2. The number of nitrogens with two attached hydrogens (primary N) is 1. The van der Waals surface area contributed by atoms with Crippen LogP contribution in [0.2, 0.25) is 0 Å². The van der Waals surface area contributed by atoms with Crippen LogP contribution in [0.5, 0.6) is 0 Å². The Morgan fingerprint density at radius 1 is 1.73 bits per heavy atom. The summed E-state index contributed by atoms with van der Waals surface area (Å²) in [6, 6.07) is 0. The zero-order chi connectivity index (χ0) is 7.90. The Balaban J connectivity index is 1.99. The molecule has 1 saturated heterocycles. The van der Waals surface area contributed by atoms with Gasteiger partial charge in [-0.05, 0) is 6.42 Å². The molecule has 1 heterocycles. The van der Waals surface area contributed by atoms with Crippen LogP contribution in [0.15, 0.2) is 0 Å². The van der Waals surface area contributed by atoms with Crippen LogP contribution in [0.25, 0.3) is 0 Å². The fraction of sp³-hybridized carbons (Fsp3) is 0.857. The Bertz CT molecular complexity index is 187. The summed E-state index contributed by atoms with van der Waals surface area (Å²) < 4.78 is 5.26. The fourth-order valence-electron chi connectivity index (χ4n) is 1.71. The standard InChI is InChI=1S/C7H12N2O2/c8-6(10)5-3-7(5)4-11-2-1-9-7/h5,9H,1-4H2,(H2,8,10). The van der Waals surface area contributed by atoms with E-state index in [4.69, 9.17) is 10.5 Å². The summed E-state index contributed by atoms with van der Waals surface area (Å²) in [6.07, 6.45) is 0.850. The SMILES string of the molecule is NC(=O)C1CC12COCCN2. The van der Waals surface area contributed by atoms with E-state index in [1.807, 2.05) is 0 Å². The van der Waals surface area contributed by atoms with Gasteiger partial charge < -0.3 is 15.8 Å². The molecule has 1 saturated carbocycles. The van der Waals surface area contributed by atoms with E-state index < -0.39 is 0 Å². The van der Waals surface area contributed by atoms with Crippen LogP contribution in [0.4, 0.5) is 0 Å². The van der Waals surface area contributed by atoms with Crippen molar-refractivity contribution in [1.82, 2.24) is 5.32 Å². The highest BCUT2D eigenvalue weighted by molar-refractivity contribution is 5.82. The molecule has 3 N–H and O–H groups in total. The molecule has 2 aliphatic rings. The molecule has 1 spiro atoms. The lowest BCUT2D eigenvalue weighted by molar-refractivity contribution is -0.120. The van der Waals surface area contributed by atoms with Crippen molar-refractivity contribution in [2.75, 3.05) is 19.8 Å². The lowest BCUT2D eigenvalue weighted by Gasteiger charge is -2.23. The molecule has 0 bridgehead atoms. The number of primary amides is 1. The predicted octanol–water partition coefficient (Wildman–Crippen LogP) is -1.15. The summed E-state index contributed by atoms with van der Waals surface area (Å²) >= 11 is 0. The quantitative estimate of drug-likeness (QED) is 0.504. The molecule has 2 fully saturated rings. The average Bonchev–Trinajstić information content (AvgIpc) is 2.66. The summed E-state index contributed by atoms with van der Waals surface area (Å²) in [5.41, 5.74) is 5.09. The van der Waals surface area contributed by atoms with Gasteiger partial charge in [0.15, 0.2) is 0 Å². The minimum Gasteiger partial charge on any atom is -0.378 e. The van der Waals surface area contributed by atoms with Crippen LogP contribution >= 0.6 is 0 Å².